The second-order valence-corrected chi connectivity index (χ2v) is 6.82. The van der Waals surface area contributed by atoms with E-state index in [0.717, 1.165) is 6.26 Å². The lowest BCUT2D eigenvalue weighted by Crippen LogP contribution is -2.52. The summed E-state index contributed by atoms with van der Waals surface area (Å²) < 4.78 is 55.3. The van der Waals surface area contributed by atoms with Crippen molar-refractivity contribution in [3.8, 4) is 0 Å². The Labute approximate surface area is 128 Å². The third kappa shape index (κ3) is 3.11. The topological polar surface area (TPSA) is 89.5 Å². The Balaban J connectivity index is 1.73. The lowest BCUT2D eigenvalue weighted by molar-refractivity contribution is -0.282. The van der Waals surface area contributed by atoms with Gasteiger partial charge in [-0.25, -0.2) is 0 Å². The monoisotopic (exact) mass is 334 g/mol. The van der Waals surface area contributed by atoms with E-state index < -0.39 is 53.4 Å². The van der Waals surface area contributed by atoms with Crippen molar-refractivity contribution in [2.45, 2.75) is 43.3 Å². The van der Waals surface area contributed by atoms with Crippen molar-refractivity contribution in [1.29, 1.82) is 0 Å². The summed E-state index contributed by atoms with van der Waals surface area (Å²) >= 11 is 0. The molecule has 3 heterocycles. The predicted molar refractivity (Wildman–Crippen MR) is 73.1 cm³/mol. The van der Waals surface area contributed by atoms with E-state index in [0.29, 0.717) is 0 Å². The lowest BCUT2D eigenvalue weighted by Gasteiger charge is -2.37. The van der Waals surface area contributed by atoms with Gasteiger partial charge in [0, 0.05) is 0 Å². The summed E-state index contributed by atoms with van der Waals surface area (Å²) in [6.07, 6.45) is -0.0392. The molecule has 0 amide bonds. The van der Waals surface area contributed by atoms with Gasteiger partial charge in [0.1, 0.15) is 24.4 Å². The minimum absolute atomic E-state index is 0.183. The predicted octanol–water partition coefficient (Wildman–Crippen LogP) is -0.0889. The van der Waals surface area contributed by atoms with Gasteiger partial charge < -0.3 is 23.7 Å². The number of hydrogen-bond acceptors (Lipinski definition) is 8. The molecule has 3 aliphatic heterocycles. The van der Waals surface area contributed by atoms with E-state index in [1.54, 1.807) is 0 Å². The van der Waals surface area contributed by atoms with Crippen LogP contribution < -0.4 is 0 Å². The van der Waals surface area contributed by atoms with E-state index in [-0.39, 0.29) is 6.61 Å². The van der Waals surface area contributed by atoms with Crippen LogP contribution in [0.1, 0.15) is 0 Å². The van der Waals surface area contributed by atoms with Gasteiger partial charge in [-0.2, -0.15) is 8.42 Å². The number of hydrogen-bond donors (Lipinski definition) is 0. The molecule has 0 radical (unpaired) electrons. The molecule has 7 unspecified atom stereocenters. The maximum Gasteiger partial charge on any atom is 0.264 e. The van der Waals surface area contributed by atoms with Crippen molar-refractivity contribution in [3.05, 3.63) is 25.3 Å². The molecule has 3 saturated heterocycles. The first-order chi connectivity index (χ1) is 10.4. The molecule has 3 aliphatic rings. The first-order valence-corrected chi connectivity index (χ1v) is 8.60. The molecule has 0 bridgehead atoms. The van der Waals surface area contributed by atoms with Gasteiger partial charge in [0.25, 0.3) is 10.1 Å². The molecule has 0 N–H and O–H groups in total. The summed E-state index contributed by atoms with van der Waals surface area (Å²) in [6, 6.07) is 0. The second kappa shape index (κ2) is 6.00. The van der Waals surface area contributed by atoms with E-state index in [4.69, 9.17) is 27.9 Å². The van der Waals surface area contributed by atoms with Crippen molar-refractivity contribution in [2.24, 2.45) is 0 Å². The molecule has 0 spiro atoms. The maximum atomic E-state index is 11.2. The van der Waals surface area contributed by atoms with Gasteiger partial charge in [0.05, 0.1) is 12.9 Å². The summed E-state index contributed by atoms with van der Waals surface area (Å²) in [4.78, 5) is 0. The highest BCUT2D eigenvalue weighted by atomic mass is 32.2. The van der Waals surface area contributed by atoms with Gasteiger partial charge in [0.2, 0.25) is 0 Å². The van der Waals surface area contributed by atoms with Crippen LogP contribution in [0.5, 0.6) is 0 Å². The van der Waals surface area contributed by atoms with Crippen LogP contribution in [0, 0.1) is 0 Å². The van der Waals surface area contributed by atoms with Crippen LogP contribution in [0.4, 0.5) is 0 Å². The largest absolute Gasteiger partial charge is 0.341 e. The summed E-state index contributed by atoms with van der Waals surface area (Å²) in [7, 11) is -3.59. The second-order valence-electron chi connectivity index (χ2n) is 5.18. The fourth-order valence-corrected chi connectivity index (χ4v) is 3.04. The van der Waals surface area contributed by atoms with Crippen LogP contribution in [-0.4, -0.2) is 64.6 Å². The highest BCUT2D eigenvalue weighted by molar-refractivity contribution is 7.85. The Morgan fingerprint density at radius 1 is 0.955 bits per heavy atom. The van der Waals surface area contributed by atoms with Crippen molar-refractivity contribution >= 4 is 10.1 Å². The summed E-state index contributed by atoms with van der Waals surface area (Å²) in [6.45, 7) is 7.04. The Bertz CT molecular complexity index is 546. The molecule has 0 aliphatic carbocycles. The fraction of sp³-hybridized carbons (Fsp3) is 0.692. The molecule has 0 aromatic heterocycles. The van der Waals surface area contributed by atoms with Crippen molar-refractivity contribution in [3.63, 3.8) is 0 Å². The summed E-state index contributed by atoms with van der Waals surface area (Å²) in [5, 5.41) is 0. The van der Waals surface area contributed by atoms with Crippen LogP contribution >= 0.6 is 0 Å². The van der Waals surface area contributed by atoms with E-state index in [9.17, 15) is 8.42 Å². The normalized spacial score (nSPS) is 44.3. The zero-order valence-corrected chi connectivity index (χ0v) is 12.8. The molecule has 8 nitrogen and oxygen atoms in total. The molecular weight excluding hydrogens is 316 g/mol. The van der Waals surface area contributed by atoms with Crippen LogP contribution in [0.15, 0.2) is 25.3 Å². The zero-order chi connectivity index (χ0) is 15.9. The van der Waals surface area contributed by atoms with E-state index in [2.05, 4.69) is 13.2 Å². The lowest BCUT2D eigenvalue weighted by atomic mass is 10.0. The van der Waals surface area contributed by atoms with Crippen LogP contribution in [0.2, 0.25) is 0 Å². The average molecular weight is 334 g/mol. The third-order valence-electron chi connectivity index (χ3n) is 3.56. The highest BCUT2D eigenvalue weighted by Gasteiger charge is 2.57. The molecular formula is C13H18O8S. The first kappa shape index (κ1) is 16.1. The van der Waals surface area contributed by atoms with Gasteiger partial charge in [-0.05, 0) is 12.2 Å². The Morgan fingerprint density at radius 2 is 1.59 bits per heavy atom. The van der Waals surface area contributed by atoms with Crippen LogP contribution in [0.3, 0.4) is 0 Å². The van der Waals surface area contributed by atoms with Gasteiger partial charge in [0.15, 0.2) is 18.9 Å². The van der Waals surface area contributed by atoms with Gasteiger partial charge in [-0.15, -0.1) is 0 Å². The van der Waals surface area contributed by atoms with Crippen LogP contribution in [0.25, 0.3) is 0 Å². The van der Waals surface area contributed by atoms with Gasteiger partial charge in [-0.3, -0.25) is 4.18 Å². The minimum atomic E-state index is -3.59. The quantitative estimate of drug-likeness (QED) is 0.509. The first-order valence-electron chi connectivity index (χ1n) is 6.78. The number of ether oxygens (including phenoxy) is 5. The standard InChI is InChI=1S/C13H18O8S/c1-4-8-17-7(6-16-22(3,14)15)10-11(18-8)12-13(21-10)20-9(5-2)19-12/h4-5,7-13H,1-2,6H2,3H3. The number of rotatable bonds is 5. The smallest absolute Gasteiger partial charge is 0.264 e. The maximum absolute atomic E-state index is 11.2. The van der Waals surface area contributed by atoms with Gasteiger partial charge >= 0.3 is 0 Å². The minimum Gasteiger partial charge on any atom is -0.341 e. The molecule has 3 fully saturated rings. The molecule has 3 rings (SSSR count). The zero-order valence-electron chi connectivity index (χ0n) is 12.0. The molecule has 9 heteroatoms. The van der Waals surface area contributed by atoms with Crippen LogP contribution in [-0.2, 0) is 38.0 Å². The fourth-order valence-electron chi connectivity index (χ4n) is 2.66. The molecule has 0 saturated carbocycles. The summed E-state index contributed by atoms with van der Waals surface area (Å²) in [5.41, 5.74) is 0. The van der Waals surface area contributed by atoms with Crippen molar-refractivity contribution in [2.75, 3.05) is 12.9 Å². The molecule has 0 aromatic carbocycles. The average Bonchev–Trinajstić information content (AvgIpc) is 3.01. The van der Waals surface area contributed by atoms with Gasteiger partial charge in [-0.1, -0.05) is 13.2 Å². The molecule has 7 atom stereocenters. The van der Waals surface area contributed by atoms with E-state index in [1.807, 2.05) is 0 Å². The molecule has 124 valence electrons. The molecule has 0 aromatic rings. The Hall–Kier alpha value is -0.810. The van der Waals surface area contributed by atoms with Crippen molar-refractivity contribution < 1.29 is 36.3 Å². The SMILES string of the molecule is C=CC1OC2OC3C(COS(C)(=O)=O)OC(C=C)OC3C2O1. The Morgan fingerprint density at radius 3 is 2.23 bits per heavy atom. The summed E-state index contributed by atoms with van der Waals surface area (Å²) in [5.74, 6) is 0. The number of fused-ring (bicyclic) bond motifs is 3. The third-order valence-corrected chi connectivity index (χ3v) is 4.13. The Kier molecular flexibility index (Phi) is 4.38. The highest BCUT2D eigenvalue weighted by Crippen LogP contribution is 2.39. The van der Waals surface area contributed by atoms with Crippen molar-refractivity contribution in [1.82, 2.24) is 0 Å². The van der Waals surface area contributed by atoms with E-state index in [1.165, 1.54) is 12.2 Å². The molecule has 22 heavy (non-hydrogen) atoms. The van der Waals surface area contributed by atoms with E-state index >= 15 is 0 Å².